The maximum absolute atomic E-state index is 13.2. The van der Waals surface area contributed by atoms with Crippen LogP contribution in [0.15, 0.2) is 6.07 Å². The maximum Gasteiger partial charge on any atom is 0.418 e. The smallest absolute Gasteiger partial charge is 0.365 e. The first-order valence-electron chi connectivity index (χ1n) is 6.37. The topological polar surface area (TPSA) is 62.2 Å². The lowest BCUT2D eigenvalue weighted by atomic mass is 10.1. The summed E-state index contributed by atoms with van der Waals surface area (Å²) in [6.45, 7) is 4.43. The molecular weight excluding hydrogens is 339 g/mol. The number of hydrogen-bond acceptors (Lipinski definition) is 5. The van der Waals surface area contributed by atoms with E-state index in [0.29, 0.717) is 19.2 Å². The molecule has 0 bridgehead atoms. The quantitative estimate of drug-likeness (QED) is 0.491. The Morgan fingerprint density at radius 3 is 2.45 bits per heavy atom. The third kappa shape index (κ3) is 2.80. The van der Waals surface area contributed by atoms with E-state index in [2.05, 4.69) is 4.98 Å². The van der Waals surface area contributed by atoms with Gasteiger partial charge in [0, 0.05) is 19.2 Å². The third-order valence-electron chi connectivity index (χ3n) is 3.24. The Kier molecular flexibility index (Phi) is 4.43. The van der Waals surface area contributed by atoms with Gasteiger partial charge in [-0.2, -0.15) is 13.2 Å². The van der Waals surface area contributed by atoms with E-state index in [0.717, 1.165) is 11.3 Å². The molecule has 0 atom stereocenters. The van der Waals surface area contributed by atoms with Crippen LogP contribution >= 0.6 is 23.6 Å². The number of fused-ring (bicyclic) bond motifs is 1. The standard InChI is InChI=1S/C12H12F3N3O2S2/c1-3-17(4-2)9-7(18(19)20)5-6(12(13,14)15)8-10(9)22-11(21)16-8/h5H,3-4H2,1-2H3,(H,16,21). The molecule has 1 aromatic carbocycles. The number of halogens is 3. The number of rotatable bonds is 4. The number of aromatic nitrogens is 1. The van der Waals surface area contributed by atoms with Crippen LogP contribution in [0.25, 0.3) is 10.2 Å². The van der Waals surface area contributed by atoms with Crippen molar-refractivity contribution in [2.45, 2.75) is 20.0 Å². The second-order valence-electron chi connectivity index (χ2n) is 4.44. The Hall–Kier alpha value is -1.68. The fourth-order valence-electron chi connectivity index (χ4n) is 2.29. The van der Waals surface area contributed by atoms with Crippen LogP contribution < -0.4 is 4.90 Å². The van der Waals surface area contributed by atoms with Crippen molar-refractivity contribution in [3.63, 3.8) is 0 Å². The number of nitro groups is 1. The molecule has 1 N–H and O–H groups in total. The van der Waals surface area contributed by atoms with Crippen molar-refractivity contribution >= 4 is 45.1 Å². The number of nitrogens with one attached hydrogen (secondary N) is 1. The first kappa shape index (κ1) is 16.7. The average molecular weight is 351 g/mol. The van der Waals surface area contributed by atoms with Gasteiger partial charge in [-0.1, -0.05) is 0 Å². The Balaban J connectivity index is 2.97. The lowest BCUT2D eigenvalue weighted by molar-refractivity contribution is -0.384. The van der Waals surface area contributed by atoms with E-state index in [1.807, 2.05) is 0 Å². The normalized spacial score (nSPS) is 11.9. The van der Waals surface area contributed by atoms with E-state index in [1.54, 1.807) is 18.7 Å². The molecular formula is C12H12F3N3O2S2. The molecule has 120 valence electrons. The minimum Gasteiger partial charge on any atom is -0.365 e. The summed E-state index contributed by atoms with van der Waals surface area (Å²) in [5.41, 5.74) is -1.66. The van der Waals surface area contributed by atoms with Crippen LogP contribution in [0.1, 0.15) is 19.4 Å². The van der Waals surface area contributed by atoms with Gasteiger partial charge in [0.25, 0.3) is 5.69 Å². The fraction of sp³-hybridized carbons (Fsp3) is 0.417. The van der Waals surface area contributed by atoms with Crippen LogP contribution in [-0.4, -0.2) is 23.0 Å². The first-order valence-corrected chi connectivity index (χ1v) is 7.59. The van der Waals surface area contributed by atoms with Gasteiger partial charge < -0.3 is 9.88 Å². The zero-order valence-corrected chi connectivity index (χ0v) is 13.3. The summed E-state index contributed by atoms with van der Waals surface area (Å²) < 4.78 is 39.9. The number of hydrogen-bond donors (Lipinski definition) is 1. The van der Waals surface area contributed by atoms with Crippen molar-refractivity contribution in [3.8, 4) is 0 Å². The van der Waals surface area contributed by atoms with Crippen molar-refractivity contribution in [2.24, 2.45) is 0 Å². The minimum absolute atomic E-state index is 0.148. The summed E-state index contributed by atoms with van der Waals surface area (Å²) >= 11 is 5.84. The molecule has 0 aliphatic rings. The lowest BCUT2D eigenvalue weighted by Crippen LogP contribution is -2.23. The molecule has 10 heteroatoms. The Morgan fingerprint density at radius 1 is 1.41 bits per heavy atom. The van der Waals surface area contributed by atoms with Gasteiger partial charge in [-0.3, -0.25) is 10.1 Å². The number of nitrogens with zero attached hydrogens (tertiary/aromatic N) is 2. The molecule has 0 aliphatic carbocycles. The van der Waals surface area contributed by atoms with Gasteiger partial charge in [0.15, 0.2) is 3.95 Å². The van der Waals surface area contributed by atoms with Crippen molar-refractivity contribution in [2.75, 3.05) is 18.0 Å². The molecule has 0 fully saturated rings. The van der Waals surface area contributed by atoms with Crippen LogP contribution in [0, 0.1) is 14.1 Å². The summed E-state index contributed by atoms with van der Waals surface area (Å²) in [7, 11) is 0. The molecule has 2 aromatic rings. The van der Waals surface area contributed by atoms with Crippen molar-refractivity contribution in [3.05, 3.63) is 25.7 Å². The highest BCUT2D eigenvalue weighted by Gasteiger charge is 2.38. The number of H-pyrrole nitrogens is 1. The highest BCUT2D eigenvalue weighted by Crippen LogP contribution is 2.45. The number of thiazole rings is 1. The van der Waals surface area contributed by atoms with Crippen molar-refractivity contribution in [1.29, 1.82) is 0 Å². The highest BCUT2D eigenvalue weighted by molar-refractivity contribution is 7.73. The largest absolute Gasteiger partial charge is 0.418 e. The molecule has 0 saturated heterocycles. The monoisotopic (exact) mass is 351 g/mol. The summed E-state index contributed by atoms with van der Waals surface area (Å²) in [4.78, 5) is 14.6. The third-order valence-corrected chi connectivity index (χ3v) is 4.48. The summed E-state index contributed by atoms with van der Waals surface area (Å²) in [5, 5.41) is 11.3. The zero-order chi connectivity index (χ0) is 16.7. The predicted octanol–water partition coefficient (Wildman–Crippen LogP) is 4.73. The maximum atomic E-state index is 13.2. The Bertz CT molecular complexity index is 778. The van der Waals surface area contributed by atoms with Crippen LogP contribution in [0.5, 0.6) is 0 Å². The van der Waals surface area contributed by atoms with E-state index in [9.17, 15) is 23.3 Å². The van der Waals surface area contributed by atoms with E-state index < -0.39 is 22.4 Å². The minimum atomic E-state index is -4.70. The average Bonchev–Trinajstić information content (AvgIpc) is 2.79. The van der Waals surface area contributed by atoms with Gasteiger partial charge in [-0.25, -0.2) is 0 Å². The molecule has 0 amide bonds. The molecule has 0 radical (unpaired) electrons. The zero-order valence-electron chi connectivity index (χ0n) is 11.7. The van der Waals surface area contributed by atoms with Gasteiger partial charge in [-0.05, 0) is 26.1 Å². The number of benzene rings is 1. The van der Waals surface area contributed by atoms with E-state index >= 15 is 0 Å². The van der Waals surface area contributed by atoms with E-state index in [4.69, 9.17) is 12.2 Å². The van der Waals surface area contributed by atoms with Crippen molar-refractivity contribution in [1.82, 2.24) is 4.98 Å². The van der Waals surface area contributed by atoms with Gasteiger partial charge in [0.05, 0.1) is 20.7 Å². The van der Waals surface area contributed by atoms with Crippen LogP contribution in [-0.2, 0) is 6.18 Å². The van der Waals surface area contributed by atoms with Crippen molar-refractivity contribution < 1.29 is 18.1 Å². The first-order chi connectivity index (χ1) is 10.2. The van der Waals surface area contributed by atoms with Gasteiger partial charge in [0.1, 0.15) is 5.69 Å². The number of alkyl halides is 3. The SMILES string of the molecule is CCN(CC)c1c([N+](=O)[O-])cc(C(F)(F)F)c2[nH]c(=S)sc12. The van der Waals surface area contributed by atoms with Gasteiger partial charge in [-0.15, -0.1) is 11.3 Å². The molecule has 5 nitrogen and oxygen atoms in total. The van der Waals surface area contributed by atoms with Gasteiger partial charge in [0.2, 0.25) is 0 Å². The highest BCUT2D eigenvalue weighted by atomic mass is 32.1. The molecule has 2 rings (SSSR count). The second kappa shape index (κ2) is 5.84. The number of anilines is 1. The molecule has 0 spiro atoms. The van der Waals surface area contributed by atoms with Crippen LogP contribution in [0.4, 0.5) is 24.5 Å². The molecule has 1 aromatic heterocycles. The Labute approximate surface area is 132 Å². The predicted molar refractivity (Wildman–Crippen MR) is 82.2 cm³/mol. The van der Waals surface area contributed by atoms with Crippen LogP contribution in [0.2, 0.25) is 0 Å². The molecule has 22 heavy (non-hydrogen) atoms. The number of nitro benzene ring substituents is 1. The molecule has 0 saturated carbocycles. The molecule has 1 heterocycles. The number of aromatic amines is 1. The van der Waals surface area contributed by atoms with E-state index in [-0.39, 0.29) is 19.9 Å². The molecule has 0 unspecified atom stereocenters. The lowest BCUT2D eigenvalue weighted by Gasteiger charge is -2.22. The second-order valence-corrected chi connectivity index (χ2v) is 6.12. The Morgan fingerprint density at radius 2 is 2.00 bits per heavy atom. The molecule has 0 aliphatic heterocycles. The summed E-state index contributed by atoms with van der Waals surface area (Å²) in [6, 6.07) is 0.577. The van der Waals surface area contributed by atoms with Gasteiger partial charge >= 0.3 is 6.18 Å². The summed E-state index contributed by atoms with van der Waals surface area (Å²) in [6.07, 6.45) is -4.70. The summed E-state index contributed by atoms with van der Waals surface area (Å²) in [5.74, 6) is 0. The van der Waals surface area contributed by atoms with E-state index in [1.165, 1.54) is 0 Å². The fourth-order valence-corrected chi connectivity index (χ4v) is 3.57. The van der Waals surface area contributed by atoms with Crippen LogP contribution in [0.3, 0.4) is 0 Å².